The van der Waals surface area contributed by atoms with Gasteiger partial charge in [-0.25, -0.2) is 0 Å². The summed E-state index contributed by atoms with van der Waals surface area (Å²) < 4.78 is 5.04. The molecule has 118 valence electrons. The summed E-state index contributed by atoms with van der Waals surface area (Å²) >= 11 is 0. The largest absolute Gasteiger partial charge is 0.504 e. The standard InChI is InChI=1S/C17H26O4/c1-4-5-12(2)16(20)11-14(18)8-6-13-7-9-15(19)17(10-13)21-3/h7,9-10,12,16,19-20H,4-6,8,11H2,1-3H3. The van der Waals surface area contributed by atoms with Gasteiger partial charge in [-0.3, -0.25) is 4.79 Å². The zero-order valence-corrected chi connectivity index (χ0v) is 13.1. The van der Waals surface area contributed by atoms with Crippen LogP contribution < -0.4 is 4.74 Å². The molecule has 2 unspecified atom stereocenters. The van der Waals surface area contributed by atoms with E-state index in [1.807, 2.05) is 6.92 Å². The van der Waals surface area contributed by atoms with Gasteiger partial charge in [0, 0.05) is 12.8 Å². The fourth-order valence-electron chi connectivity index (χ4n) is 2.35. The summed E-state index contributed by atoms with van der Waals surface area (Å²) in [5, 5.41) is 19.5. The van der Waals surface area contributed by atoms with Gasteiger partial charge in [0.2, 0.25) is 0 Å². The molecule has 0 radical (unpaired) electrons. The molecule has 1 aromatic carbocycles. The molecular formula is C17H26O4. The fourth-order valence-corrected chi connectivity index (χ4v) is 2.35. The zero-order valence-electron chi connectivity index (χ0n) is 13.1. The molecule has 0 aliphatic heterocycles. The van der Waals surface area contributed by atoms with Crippen LogP contribution in [0.25, 0.3) is 0 Å². The molecule has 0 saturated heterocycles. The average molecular weight is 294 g/mol. The monoisotopic (exact) mass is 294 g/mol. The van der Waals surface area contributed by atoms with Gasteiger partial charge in [0.1, 0.15) is 5.78 Å². The highest BCUT2D eigenvalue weighted by Gasteiger charge is 2.17. The Morgan fingerprint density at radius 2 is 2.10 bits per heavy atom. The van der Waals surface area contributed by atoms with Gasteiger partial charge in [0.25, 0.3) is 0 Å². The van der Waals surface area contributed by atoms with Crippen LogP contribution in [0.1, 0.15) is 45.1 Å². The molecule has 0 spiro atoms. The Morgan fingerprint density at radius 3 is 2.71 bits per heavy atom. The number of phenols is 1. The number of carbonyl (C=O) groups is 1. The van der Waals surface area contributed by atoms with Crippen LogP contribution in [0.3, 0.4) is 0 Å². The van der Waals surface area contributed by atoms with Gasteiger partial charge < -0.3 is 14.9 Å². The molecule has 0 amide bonds. The summed E-state index contributed by atoms with van der Waals surface area (Å²) in [6, 6.07) is 5.08. The number of rotatable bonds is 9. The van der Waals surface area contributed by atoms with Crippen molar-refractivity contribution in [3.8, 4) is 11.5 Å². The Morgan fingerprint density at radius 1 is 1.38 bits per heavy atom. The number of ketones is 1. The van der Waals surface area contributed by atoms with Crippen molar-refractivity contribution in [3.05, 3.63) is 23.8 Å². The zero-order chi connectivity index (χ0) is 15.8. The van der Waals surface area contributed by atoms with Gasteiger partial charge in [0.05, 0.1) is 13.2 Å². The number of hydrogen-bond donors (Lipinski definition) is 2. The smallest absolute Gasteiger partial charge is 0.160 e. The number of hydrogen-bond acceptors (Lipinski definition) is 4. The second-order valence-corrected chi connectivity index (χ2v) is 5.58. The van der Waals surface area contributed by atoms with E-state index in [1.165, 1.54) is 7.11 Å². The second-order valence-electron chi connectivity index (χ2n) is 5.58. The second kappa shape index (κ2) is 8.67. The third-order valence-corrected chi connectivity index (χ3v) is 3.77. The maximum Gasteiger partial charge on any atom is 0.160 e. The van der Waals surface area contributed by atoms with Crippen LogP contribution in [0.4, 0.5) is 0 Å². The number of aliphatic hydroxyl groups is 1. The van der Waals surface area contributed by atoms with Gasteiger partial charge in [-0.1, -0.05) is 26.3 Å². The molecule has 0 aliphatic carbocycles. The van der Waals surface area contributed by atoms with Crippen LogP contribution in [0.2, 0.25) is 0 Å². The topological polar surface area (TPSA) is 66.8 Å². The van der Waals surface area contributed by atoms with E-state index in [2.05, 4.69) is 6.92 Å². The first-order chi connectivity index (χ1) is 9.97. The quantitative estimate of drug-likeness (QED) is 0.734. The van der Waals surface area contributed by atoms with Crippen molar-refractivity contribution in [1.82, 2.24) is 0 Å². The van der Waals surface area contributed by atoms with E-state index in [9.17, 15) is 15.0 Å². The molecule has 0 aliphatic rings. The van der Waals surface area contributed by atoms with Gasteiger partial charge >= 0.3 is 0 Å². The van der Waals surface area contributed by atoms with E-state index < -0.39 is 6.10 Å². The van der Waals surface area contributed by atoms with Crippen molar-refractivity contribution in [2.75, 3.05) is 7.11 Å². The lowest BCUT2D eigenvalue weighted by molar-refractivity contribution is -0.121. The first-order valence-electron chi connectivity index (χ1n) is 7.53. The van der Waals surface area contributed by atoms with Crippen molar-refractivity contribution in [2.45, 2.75) is 52.1 Å². The van der Waals surface area contributed by atoms with E-state index in [0.29, 0.717) is 18.6 Å². The SMILES string of the molecule is CCCC(C)C(O)CC(=O)CCc1ccc(O)c(OC)c1. The number of Topliss-reactive ketones (excluding diaryl/α,β-unsaturated/α-hetero) is 1. The third kappa shape index (κ3) is 5.76. The van der Waals surface area contributed by atoms with Gasteiger partial charge in [-0.05, 0) is 36.5 Å². The first-order valence-corrected chi connectivity index (χ1v) is 7.53. The molecule has 4 nitrogen and oxygen atoms in total. The minimum atomic E-state index is -0.549. The molecule has 1 rings (SSSR count). The Labute approximate surface area is 126 Å². The number of phenolic OH excluding ortho intramolecular Hbond substituents is 1. The summed E-state index contributed by atoms with van der Waals surface area (Å²) in [5.41, 5.74) is 0.939. The third-order valence-electron chi connectivity index (χ3n) is 3.77. The number of aromatic hydroxyl groups is 1. The van der Waals surface area contributed by atoms with E-state index in [4.69, 9.17) is 4.74 Å². The average Bonchev–Trinajstić information content (AvgIpc) is 2.46. The fraction of sp³-hybridized carbons (Fsp3) is 0.588. The van der Waals surface area contributed by atoms with Crippen LogP contribution in [0, 0.1) is 5.92 Å². The Bertz CT molecular complexity index is 456. The van der Waals surface area contributed by atoms with Crippen molar-refractivity contribution in [2.24, 2.45) is 5.92 Å². The maximum absolute atomic E-state index is 11.9. The minimum absolute atomic E-state index is 0.0671. The molecule has 1 aromatic rings. The van der Waals surface area contributed by atoms with Crippen molar-refractivity contribution in [3.63, 3.8) is 0 Å². The molecule has 21 heavy (non-hydrogen) atoms. The number of ether oxygens (including phenoxy) is 1. The predicted molar refractivity (Wildman–Crippen MR) is 82.7 cm³/mol. The Balaban J connectivity index is 2.46. The van der Waals surface area contributed by atoms with E-state index in [-0.39, 0.29) is 23.9 Å². The van der Waals surface area contributed by atoms with Crippen LogP contribution in [0.5, 0.6) is 11.5 Å². The number of benzene rings is 1. The number of aliphatic hydroxyl groups excluding tert-OH is 1. The number of carbonyl (C=O) groups excluding carboxylic acids is 1. The summed E-state index contributed by atoms with van der Waals surface area (Å²) in [6.45, 7) is 4.05. The Hall–Kier alpha value is -1.55. The molecule has 0 aromatic heterocycles. The lowest BCUT2D eigenvalue weighted by atomic mass is 9.94. The van der Waals surface area contributed by atoms with E-state index in [1.54, 1.807) is 18.2 Å². The Kier molecular flexibility index (Phi) is 7.23. The van der Waals surface area contributed by atoms with E-state index in [0.717, 1.165) is 18.4 Å². The highest BCUT2D eigenvalue weighted by molar-refractivity contribution is 5.79. The van der Waals surface area contributed by atoms with Gasteiger partial charge in [0.15, 0.2) is 11.5 Å². The van der Waals surface area contributed by atoms with Crippen molar-refractivity contribution in [1.29, 1.82) is 0 Å². The van der Waals surface area contributed by atoms with Gasteiger partial charge in [-0.2, -0.15) is 0 Å². The van der Waals surface area contributed by atoms with Crippen LogP contribution in [-0.4, -0.2) is 29.2 Å². The van der Waals surface area contributed by atoms with Gasteiger partial charge in [-0.15, -0.1) is 0 Å². The molecule has 0 fully saturated rings. The summed E-state index contributed by atoms with van der Waals surface area (Å²) in [7, 11) is 1.50. The molecule has 0 heterocycles. The van der Waals surface area contributed by atoms with Crippen LogP contribution in [0.15, 0.2) is 18.2 Å². The summed E-state index contributed by atoms with van der Waals surface area (Å²) in [5.74, 6) is 0.734. The van der Waals surface area contributed by atoms with Crippen molar-refractivity contribution < 1.29 is 19.7 Å². The highest BCUT2D eigenvalue weighted by Crippen LogP contribution is 2.26. The normalized spacial score (nSPS) is 13.7. The highest BCUT2D eigenvalue weighted by atomic mass is 16.5. The molecule has 0 bridgehead atoms. The summed E-state index contributed by atoms with van der Waals surface area (Å²) in [6.07, 6.45) is 2.60. The van der Waals surface area contributed by atoms with Crippen molar-refractivity contribution >= 4 is 5.78 Å². The predicted octanol–water partition coefficient (Wildman–Crippen LogP) is 3.09. The molecule has 2 atom stereocenters. The summed E-state index contributed by atoms with van der Waals surface area (Å²) in [4.78, 5) is 11.9. The van der Waals surface area contributed by atoms with E-state index >= 15 is 0 Å². The number of aryl methyl sites for hydroxylation is 1. The molecule has 0 saturated carbocycles. The first kappa shape index (κ1) is 17.5. The number of methoxy groups -OCH3 is 1. The maximum atomic E-state index is 11.9. The molecule has 4 heteroatoms. The minimum Gasteiger partial charge on any atom is -0.504 e. The van der Waals surface area contributed by atoms with Crippen LogP contribution in [-0.2, 0) is 11.2 Å². The lowest BCUT2D eigenvalue weighted by Crippen LogP contribution is -2.21. The van der Waals surface area contributed by atoms with Crippen LogP contribution >= 0.6 is 0 Å². The molecular weight excluding hydrogens is 268 g/mol. The molecule has 2 N–H and O–H groups in total. The lowest BCUT2D eigenvalue weighted by Gasteiger charge is -2.17.